The van der Waals surface area contributed by atoms with E-state index in [1.807, 2.05) is 24.3 Å². The molecular formula is C12H14N2. The number of nitriles is 1. The van der Waals surface area contributed by atoms with Gasteiger partial charge in [0.25, 0.3) is 0 Å². The van der Waals surface area contributed by atoms with E-state index >= 15 is 0 Å². The number of allylic oxidation sites excluding steroid dienone is 1. The topological polar surface area (TPSA) is 49.8 Å². The summed E-state index contributed by atoms with van der Waals surface area (Å²) in [5.41, 5.74) is 8.78. The number of nitrogens with two attached hydrogens (primary N) is 1. The summed E-state index contributed by atoms with van der Waals surface area (Å²) in [5, 5.41) is 8.69. The number of nitrogens with zero attached hydrogens (tertiary/aromatic N) is 1. The smallest absolute Gasteiger partial charge is 0.0992 e. The fraction of sp³-hybridized carbons (Fsp3) is 0.250. The SMILES string of the molecule is C=C(C#N)c1ccc(C(C)C)cc1N. The highest BCUT2D eigenvalue weighted by Gasteiger charge is 2.05. The zero-order valence-corrected chi connectivity index (χ0v) is 8.54. The maximum Gasteiger partial charge on any atom is 0.0992 e. The number of nitrogen functional groups attached to an aromatic ring is 1. The lowest BCUT2D eigenvalue weighted by Gasteiger charge is -2.09. The molecule has 0 unspecified atom stereocenters. The van der Waals surface area contributed by atoms with Crippen LogP contribution in [0.5, 0.6) is 0 Å². The number of anilines is 1. The van der Waals surface area contributed by atoms with Crippen molar-refractivity contribution in [2.75, 3.05) is 5.73 Å². The highest BCUT2D eigenvalue weighted by molar-refractivity contribution is 5.82. The Bertz CT molecular complexity index is 397. The highest BCUT2D eigenvalue weighted by atomic mass is 14.6. The lowest BCUT2D eigenvalue weighted by Crippen LogP contribution is -1.95. The number of benzene rings is 1. The minimum Gasteiger partial charge on any atom is -0.398 e. The largest absolute Gasteiger partial charge is 0.398 e. The van der Waals surface area contributed by atoms with E-state index in [0.29, 0.717) is 17.2 Å². The molecule has 0 saturated heterocycles. The van der Waals surface area contributed by atoms with Gasteiger partial charge in [0.15, 0.2) is 0 Å². The molecule has 1 aromatic carbocycles. The Balaban J connectivity index is 3.15. The van der Waals surface area contributed by atoms with Crippen molar-refractivity contribution in [2.24, 2.45) is 0 Å². The molecule has 0 radical (unpaired) electrons. The van der Waals surface area contributed by atoms with E-state index in [1.165, 1.54) is 5.56 Å². The summed E-state index contributed by atoms with van der Waals surface area (Å²) in [7, 11) is 0. The van der Waals surface area contributed by atoms with Gasteiger partial charge in [0.2, 0.25) is 0 Å². The second-order valence-corrected chi connectivity index (χ2v) is 3.59. The van der Waals surface area contributed by atoms with Crippen LogP contribution in [0, 0.1) is 11.3 Å². The van der Waals surface area contributed by atoms with Crippen LogP contribution in [-0.2, 0) is 0 Å². The van der Waals surface area contributed by atoms with Gasteiger partial charge in [-0.05, 0) is 17.5 Å². The minimum absolute atomic E-state index is 0.415. The van der Waals surface area contributed by atoms with Crippen LogP contribution in [0.2, 0.25) is 0 Å². The summed E-state index contributed by atoms with van der Waals surface area (Å²) < 4.78 is 0. The molecule has 0 aromatic heterocycles. The standard InChI is InChI=1S/C12H14N2/c1-8(2)10-4-5-11(9(3)7-13)12(14)6-10/h4-6,8H,3,14H2,1-2H3. The molecule has 0 aliphatic carbocycles. The summed E-state index contributed by atoms with van der Waals surface area (Å²) in [4.78, 5) is 0. The van der Waals surface area contributed by atoms with Gasteiger partial charge in [0, 0.05) is 11.3 Å². The van der Waals surface area contributed by atoms with E-state index in [0.717, 1.165) is 5.56 Å². The predicted octanol–water partition coefficient (Wildman–Crippen LogP) is 2.93. The molecule has 0 amide bonds. The summed E-state index contributed by atoms with van der Waals surface area (Å²) in [5.74, 6) is 0.446. The molecule has 0 bridgehead atoms. The number of hydrogen-bond acceptors (Lipinski definition) is 2. The van der Waals surface area contributed by atoms with Gasteiger partial charge >= 0.3 is 0 Å². The Morgan fingerprint density at radius 1 is 1.50 bits per heavy atom. The van der Waals surface area contributed by atoms with E-state index < -0.39 is 0 Å². The van der Waals surface area contributed by atoms with Gasteiger partial charge in [-0.15, -0.1) is 0 Å². The first kappa shape index (κ1) is 10.3. The fourth-order valence-corrected chi connectivity index (χ4v) is 1.28. The lowest BCUT2D eigenvalue weighted by molar-refractivity contribution is 0.867. The van der Waals surface area contributed by atoms with Gasteiger partial charge in [-0.25, -0.2) is 0 Å². The molecule has 0 aliphatic rings. The Morgan fingerprint density at radius 3 is 2.57 bits per heavy atom. The quantitative estimate of drug-likeness (QED) is 0.570. The molecule has 0 heterocycles. The second kappa shape index (κ2) is 3.97. The second-order valence-electron chi connectivity index (χ2n) is 3.59. The number of hydrogen-bond donors (Lipinski definition) is 1. The van der Waals surface area contributed by atoms with Crippen LogP contribution in [0.3, 0.4) is 0 Å². The normalized spacial score (nSPS) is 9.86. The first-order valence-corrected chi connectivity index (χ1v) is 4.55. The average molecular weight is 186 g/mol. The van der Waals surface area contributed by atoms with Crippen molar-refractivity contribution < 1.29 is 0 Å². The van der Waals surface area contributed by atoms with Gasteiger partial charge in [-0.2, -0.15) is 5.26 Å². The summed E-state index contributed by atoms with van der Waals surface area (Å²) in [6, 6.07) is 7.74. The van der Waals surface area contributed by atoms with Crippen molar-refractivity contribution in [1.82, 2.24) is 0 Å². The Morgan fingerprint density at radius 2 is 2.14 bits per heavy atom. The molecule has 0 spiro atoms. The molecule has 1 rings (SSSR count). The maximum absolute atomic E-state index is 8.69. The van der Waals surface area contributed by atoms with Crippen LogP contribution >= 0.6 is 0 Å². The van der Waals surface area contributed by atoms with Crippen molar-refractivity contribution in [3.8, 4) is 6.07 Å². The van der Waals surface area contributed by atoms with Crippen LogP contribution < -0.4 is 5.73 Å². The van der Waals surface area contributed by atoms with Crippen LogP contribution in [-0.4, -0.2) is 0 Å². The van der Waals surface area contributed by atoms with Gasteiger partial charge in [-0.1, -0.05) is 32.6 Å². The van der Waals surface area contributed by atoms with Crippen molar-refractivity contribution >= 4 is 11.3 Å². The first-order chi connectivity index (χ1) is 6.56. The van der Waals surface area contributed by atoms with Gasteiger partial charge in [0.1, 0.15) is 0 Å². The lowest BCUT2D eigenvalue weighted by atomic mass is 9.98. The first-order valence-electron chi connectivity index (χ1n) is 4.55. The van der Waals surface area contributed by atoms with Gasteiger partial charge < -0.3 is 5.73 Å². The Kier molecular flexibility index (Phi) is 2.93. The van der Waals surface area contributed by atoms with Crippen LogP contribution in [0.25, 0.3) is 5.57 Å². The fourth-order valence-electron chi connectivity index (χ4n) is 1.28. The molecule has 14 heavy (non-hydrogen) atoms. The molecule has 0 saturated carbocycles. The maximum atomic E-state index is 8.69. The Hall–Kier alpha value is -1.75. The van der Waals surface area contributed by atoms with Crippen LogP contribution in [0.4, 0.5) is 5.69 Å². The molecule has 0 aliphatic heterocycles. The summed E-state index contributed by atoms with van der Waals surface area (Å²) in [6.07, 6.45) is 0. The Labute approximate surface area is 84.7 Å². The molecule has 72 valence electrons. The van der Waals surface area contributed by atoms with Crippen molar-refractivity contribution in [3.63, 3.8) is 0 Å². The van der Waals surface area contributed by atoms with E-state index in [1.54, 1.807) is 0 Å². The van der Waals surface area contributed by atoms with E-state index in [-0.39, 0.29) is 0 Å². The molecule has 2 heteroatoms. The van der Waals surface area contributed by atoms with Gasteiger partial charge in [0.05, 0.1) is 11.6 Å². The minimum atomic E-state index is 0.415. The summed E-state index contributed by atoms with van der Waals surface area (Å²) in [6.45, 7) is 7.85. The average Bonchev–Trinajstić information content (AvgIpc) is 2.16. The molecule has 2 N–H and O–H groups in total. The van der Waals surface area contributed by atoms with E-state index in [9.17, 15) is 0 Å². The van der Waals surface area contributed by atoms with Crippen LogP contribution in [0.1, 0.15) is 30.9 Å². The van der Waals surface area contributed by atoms with E-state index in [2.05, 4.69) is 20.4 Å². The molecular weight excluding hydrogens is 172 g/mol. The van der Waals surface area contributed by atoms with Gasteiger partial charge in [-0.3, -0.25) is 0 Å². The molecule has 0 atom stereocenters. The number of rotatable bonds is 2. The molecule has 0 fully saturated rings. The monoisotopic (exact) mass is 186 g/mol. The predicted molar refractivity (Wildman–Crippen MR) is 59.6 cm³/mol. The van der Waals surface area contributed by atoms with Crippen molar-refractivity contribution in [2.45, 2.75) is 19.8 Å². The zero-order valence-electron chi connectivity index (χ0n) is 8.54. The molecule has 2 nitrogen and oxygen atoms in total. The van der Waals surface area contributed by atoms with Crippen molar-refractivity contribution in [1.29, 1.82) is 5.26 Å². The molecule has 1 aromatic rings. The third-order valence-corrected chi connectivity index (χ3v) is 2.20. The third-order valence-electron chi connectivity index (χ3n) is 2.20. The third kappa shape index (κ3) is 1.94. The highest BCUT2D eigenvalue weighted by Crippen LogP contribution is 2.24. The van der Waals surface area contributed by atoms with Crippen LogP contribution in [0.15, 0.2) is 24.8 Å². The van der Waals surface area contributed by atoms with Crippen molar-refractivity contribution in [3.05, 3.63) is 35.9 Å². The zero-order chi connectivity index (χ0) is 10.7. The van der Waals surface area contributed by atoms with E-state index in [4.69, 9.17) is 11.0 Å². The summed E-state index contributed by atoms with van der Waals surface area (Å²) >= 11 is 0.